The summed E-state index contributed by atoms with van der Waals surface area (Å²) in [5.41, 5.74) is 2.08. The molecule has 0 saturated carbocycles. The van der Waals surface area contributed by atoms with Crippen LogP contribution in [0.25, 0.3) is 0 Å². The molecule has 2 N–H and O–H groups in total. The Bertz CT molecular complexity index is 745. The first-order valence-corrected chi connectivity index (χ1v) is 8.03. The normalized spacial score (nSPS) is 16.7. The molecule has 6 nitrogen and oxygen atoms in total. The van der Waals surface area contributed by atoms with Gasteiger partial charge in [-0.2, -0.15) is 0 Å². The Morgan fingerprint density at radius 2 is 2.29 bits per heavy atom. The molecule has 1 aromatic heterocycles. The number of hydrogen-bond acceptors (Lipinski definition) is 4. The fourth-order valence-corrected chi connectivity index (χ4v) is 2.82. The Kier molecular flexibility index (Phi) is 4.69. The van der Waals surface area contributed by atoms with Crippen LogP contribution in [-0.2, 0) is 6.42 Å². The standard InChI is InChI=1S/C17H20FN3O3/c1-3-13-16(10(2)24-21-13)20-17(22)19-14-5-4-8-23-15-9-11(18)6-7-12(14)15/h6-7,9,14H,3-5,8H2,1-2H3,(H2,19,20,22). The van der Waals surface area contributed by atoms with Gasteiger partial charge in [-0.25, -0.2) is 9.18 Å². The van der Waals surface area contributed by atoms with Gasteiger partial charge in [-0.05, 0) is 32.3 Å². The third-order valence-corrected chi connectivity index (χ3v) is 4.06. The Morgan fingerprint density at radius 1 is 1.46 bits per heavy atom. The van der Waals surface area contributed by atoms with Gasteiger partial charge in [0.2, 0.25) is 0 Å². The van der Waals surface area contributed by atoms with Crippen LogP contribution in [-0.4, -0.2) is 17.8 Å². The number of ether oxygens (including phenoxy) is 1. The number of fused-ring (bicyclic) bond motifs is 1. The average Bonchev–Trinajstić information content (AvgIpc) is 2.78. The van der Waals surface area contributed by atoms with Crippen LogP contribution < -0.4 is 15.4 Å². The maximum absolute atomic E-state index is 13.4. The molecule has 24 heavy (non-hydrogen) atoms. The zero-order valence-corrected chi connectivity index (χ0v) is 13.7. The van der Waals surface area contributed by atoms with E-state index < -0.39 is 0 Å². The molecule has 2 heterocycles. The third-order valence-electron chi connectivity index (χ3n) is 4.06. The molecule has 0 bridgehead atoms. The van der Waals surface area contributed by atoms with E-state index in [0.717, 1.165) is 18.4 Å². The second kappa shape index (κ2) is 6.90. The first kappa shape index (κ1) is 16.3. The number of aromatic nitrogens is 1. The fraction of sp³-hybridized carbons (Fsp3) is 0.412. The summed E-state index contributed by atoms with van der Waals surface area (Å²) >= 11 is 0. The van der Waals surface area contributed by atoms with E-state index in [9.17, 15) is 9.18 Å². The van der Waals surface area contributed by atoms with E-state index in [4.69, 9.17) is 9.26 Å². The predicted molar refractivity (Wildman–Crippen MR) is 86.6 cm³/mol. The van der Waals surface area contributed by atoms with E-state index in [0.29, 0.717) is 35.9 Å². The van der Waals surface area contributed by atoms with Crippen molar-refractivity contribution in [2.24, 2.45) is 0 Å². The number of aryl methyl sites for hydroxylation is 2. The number of benzene rings is 1. The van der Waals surface area contributed by atoms with Crippen LogP contribution in [0.5, 0.6) is 5.75 Å². The van der Waals surface area contributed by atoms with Crippen LogP contribution in [0, 0.1) is 12.7 Å². The van der Waals surface area contributed by atoms with Gasteiger partial charge in [0.25, 0.3) is 0 Å². The van der Waals surface area contributed by atoms with Crippen molar-refractivity contribution in [3.63, 3.8) is 0 Å². The number of nitrogens with zero attached hydrogens (tertiary/aromatic N) is 1. The lowest BCUT2D eigenvalue weighted by molar-refractivity contribution is 0.247. The van der Waals surface area contributed by atoms with E-state index in [1.807, 2.05) is 6.92 Å². The van der Waals surface area contributed by atoms with Crippen molar-refractivity contribution in [2.45, 2.75) is 39.2 Å². The Morgan fingerprint density at radius 3 is 3.08 bits per heavy atom. The van der Waals surface area contributed by atoms with Crippen molar-refractivity contribution in [3.8, 4) is 5.75 Å². The molecule has 1 unspecified atom stereocenters. The lowest BCUT2D eigenvalue weighted by Crippen LogP contribution is -2.32. The Hall–Kier alpha value is -2.57. The molecule has 0 fully saturated rings. The number of nitrogens with one attached hydrogen (secondary N) is 2. The zero-order chi connectivity index (χ0) is 17.1. The molecule has 1 aliphatic rings. The number of halogens is 1. The van der Waals surface area contributed by atoms with Crippen molar-refractivity contribution in [1.29, 1.82) is 0 Å². The van der Waals surface area contributed by atoms with Gasteiger partial charge in [0.1, 0.15) is 22.9 Å². The Labute approximate surface area is 139 Å². The van der Waals surface area contributed by atoms with Crippen molar-refractivity contribution in [2.75, 3.05) is 11.9 Å². The van der Waals surface area contributed by atoms with Gasteiger partial charge in [-0.15, -0.1) is 0 Å². The van der Waals surface area contributed by atoms with E-state index in [1.54, 1.807) is 13.0 Å². The molecule has 3 rings (SSSR count). The molecule has 1 aliphatic heterocycles. The number of rotatable bonds is 3. The molecule has 2 aromatic rings. The number of anilines is 1. The number of hydrogen-bond donors (Lipinski definition) is 2. The van der Waals surface area contributed by atoms with E-state index >= 15 is 0 Å². The highest BCUT2D eigenvalue weighted by molar-refractivity contribution is 5.90. The average molecular weight is 333 g/mol. The lowest BCUT2D eigenvalue weighted by atomic mass is 10.0. The van der Waals surface area contributed by atoms with Crippen LogP contribution in [0.2, 0.25) is 0 Å². The summed E-state index contributed by atoms with van der Waals surface area (Å²) in [5, 5.41) is 9.64. The highest BCUT2D eigenvalue weighted by atomic mass is 19.1. The van der Waals surface area contributed by atoms with Crippen LogP contribution in [0.1, 0.15) is 42.8 Å². The van der Waals surface area contributed by atoms with Crippen LogP contribution in [0.15, 0.2) is 22.7 Å². The summed E-state index contributed by atoms with van der Waals surface area (Å²) in [5.74, 6) is 0.688. The van der Waals surface area contributed by atoms with Crippen molar-refractivity contribution >= 4 is 11.7 Å². The first-order valence-electron chi connectivity index (χ1n) is 8.03. The third kappa shape index (κ3) is 3.34. The SMILES string of the molecule is CCc1noc(C)c1NC(=O)NC1CCCOc2cc(F)ccc21. The molecule has 0 spiro atoms. The van der Waals surface area contributed by atoms with Crippen LogP contribution in [0.3, 0.4) is 0 Å². The summed E-state index contributed by atoms with van der Waals surface area (Å²) in [4.78, 5) is 12.4. The highest BCUT2D eigenvalue weighted by Gasteiger charge is 2.23. The molecule has 0 saturated heterocycles. The minimum Gasteiger partial charge on any atom is -0.493 e. The molecular weight excluding hydrogens is 313 g/mol. The smallest absolute Gasteiger partial charge is 0.319 e. The minimum atomic E-state index is -0.355. The van der Waals surface area contributed by atoms with E-state index in [1.165, 1.54) is 12.1 Å². The van der Waals surface area contributed by atoms with Gasteiger partial charge in [0.05, 0.1) is 12.6 Å². The number of carbonyl (C=O) groups is 1. The second-order valence-electron chi connectivity index (χ2n) is 5.74. The summed E-state index contributed by atoms with van der Waals surface area (Å²) in [6.07, 6.45) is 2.15. The summed E-state index contributed by atoms with van der Waals surface area (Å²) < 4.78 is 24.1. The molecular formula is C17H20FN3O3. The molecule has 1 atom stereocenters. The second-order valence-corrected chi connectivity index (χ2v) is 5.74. The van der Waals surface area contributed by atoms with Crippen LogP contribution in [0.4, 0.5) is 14.9 Å². The molecule has 2 amide bonds. The summed E-state index contributed by atoms with van der Waals surface area (Å²) in [6.45, 7) is 4.19. The number of urea groups is 1. The molecule has 0 aliphatic carbocycles. The summed E-state index contributed by atoms with van der Waals surface area (Å²) in [6, 6.07) is 3.79. The largest absolute Gasteiger partial charge is 0.493 e. The molecule has 7 heteroatoms. The fourth-order valence-electron chi connectivity index (χ4n) is 2.82. The monoisotopic (exact) mass is 333 g/mol. The van der Waals surface area contributed by atoms with Crippen LogP contribution >= 0.6 is 0 Å². The van der Waals surface area contributed by atoms with Gasteiger partial charge in [-0.1, -0.05) is 18.1 Å². The topological polar surface area (TPSA) is 76.4 Å². The molecule has 128 valence electrons. The van der Waals surface area contributed by atoms with E-state index in [2.05, 4.69) is 15.8 Å². The highest BCUT2D eigenvalue weighted by Crippen LogP contribution is 2.32. The van der Waals surface area contributed by atoms with Crippen molar-refractivity contribution in [3.05, 3.63) is 41.0 Å². The van der Waals surface area contributed by atoms with Gasteiger partial charge in [0.15, 0.2) is 5.76 Å². The minimum absolute atomic E-state index is 0.242. The van der Waals surface area contributed by atoms with Gasteiger partial charge in [0, 0.05) is 11.6 Å². The predicted octanol–water partition coefficient (Wildman–Crippen LogP) is 3.72. The lowest BCUT2D eigenvalue weighted by Gasteiger charge is -2.18. The van der Waals surface area contributed by atoms with Crippen molar-refractivity contribution in [1.82, 2.24) is 10.5 Å². The quantitative estimate of drug-likeness (QED) is 0.897. The molecule has 1 aromatic carbocycles. The number of carbonyl (C=O) groups excluding carboxylic acids is 1. The number of amides is 2. The zero-order valence-electron chi connectivity index (χ0n) is 13.7. The van der Waals surface area contributed by atoms with Gasteiger partial charge in [-0.3, -0.25) is 0 Å². The molecule has 0 radical (unpaired) electrons. The maximum atomic E-state index is 13.4. The first-order chi connectivity index (χ1) is 11.6. The maximum Gasteiger partial charge on any atom is 0.319 e. The van der Waals surface area contributed by atoms with E-state index in [-0.39, 0.29) is 17.9 Å². The van der Waals surface area contributed by atoms with Gasteiger partial charge < -0.3 is 19.9 Å². The van der Waals surface area contributed by atoms with Gasteiger partial charge >= 0.3 is 6.03 Å². The Balaban J connectivity index is 1.76. The van der Waals surface area contributed by atoms with Crippen molar-refractivity contribution < 1.29 is 18.4 Å². The summed E-state index contributed by atoms with van der Waals surface area (Å²) in [7, 11) is 0.